The van der Waals surface area contributed by atoms with Gasteiger partial charge in [-0.25, -0.2) is 4.79 Å². The van der Waals surface area contributed by atoms with Crippen LogP contribution in [0.5, 0.6) is 0 Å². The van der Waals surface area contributed by atoms with Crippen molar-refractivity contribution in [2.24, 2.45) is 5.41 Å². The van der Waals surface area contributed by atoms with E-state index in [0.29, 0.717) is 18.2 Å². The summed E-state index contributed by atoms with van der Waals surface area (Å²) >= 11 is 0. The zero-order chi connectivity index (χ0) is 12.8. The standard InChI is InChI=1S/C14H24N2O2/c1-3-18-12-9-11(14(12)7-4-8-14)15-13(17)16(2)10-5-6-10/h10-12H,3-9H2,1-2H3,(H,15,17)/t11-,12-/m0/s1. The van der Waals surface area contributed by atoms with Gasteiger partial charge in [-0.15, -0.1) is 0 Å². The van der Waals surface area contributed by atoms with Crippen LogP contribution in [0, 0.1) is 5.41 Å². The number of nitrogens with one attached hydrogen (secondary N) is 1. The van der Waals surface area contributed by atoms with E-state index in [1.54, 1.807) is 0 Å². The van der Waals surface area contributed by atoms with Crippen molar-refractivity contribution in [1.82, 2.24) is 10.2 Å². The van der Waals surface area contributed by atoms with Crippen molar-refractivity contribution in [3.05, 3.63) is 0 Å². The highest BCUT2D eigenvalue weighted by Crippen LogP contribution is 2.57. The Kier molecular flexibility index (Phi) is 3.00. The van der Waals surface area contributed by atoms with Gasteiger partial charge in [0.1, 0.15) is 0 Å². The molecule has 0 heterocycles. The number of hydrogen-bond acceptors (Lipinski definition) is 2. The van der Waals surface area contributed by atoms with E-state index in [1.165, 1.54) is 32.1 Å². The van der Waals surface area contributed by atoms with Gasteiger partial charge in [0.25, 0.3) is 0 Å². The average molecular weight is 252 g/mol. The topological polar surface area (TPSA) is 41.6 Å². The molecule has 0 saturated heterocycles. The van der Waals surface area contributed by atoms with E-state index in [2.05, 4.69) is 12.2 Å². The number of urea groups is 1. The molecule has 3 saturated carbocycles. The molecule has 0 unspecified atom stereocenters. The molecule has 0 aromatic carbocycles. The van der Waals surface area contributed by atoms with Gasteiger partial charge in [-0.1, -0.05) is 6.42 Å². The SMILES string of the molecule is CCO[C@H]1C[C@H](NC(=O)N(C)C2CC2)C12CCC2. The highest BCUT2D eigenvalue weighted by atomic mass is 16.5. The lowest BCUT2D eigenvalue weighted by Crippen LogP contribution is -2.68. The number of nitrogens with zero attached hydrogens (tertiary/aromatic N) is 1. The minimum absolute atomic E-state index is 0.115. The molecule has 0 aromatic heterocycles. The third-order valence-corrected chi connectivity index (χ3v) is 5.15. The first kappa shape index (κ1) is 12.3. The fourth-order valence-corrected chi connectivity index (χ4v) is 3.52. The van der Waals surface area contributed by atoms with Gasteiger partial charge in [-0.05, 0) is 39.0 Å². The molecule has 0 bridgehead atoms. The van der Waals surface area contributed by atoms with Crippen LogP contribution in [0.25, 0.3) is 0 Å². The lowest BCUT2D eigenvalue weighted by atomic mass is 9.51. The van der Waals surface area contributed by atoms with Gasteiger partial charge in [-0.3, -0.25) is 0 Å². The summed E-state index contributed by atoms with van der Waals surface area (Å²) in [5, 5.41) is 3.23. The van der Waals surface area contributed by atoms with Crippen molar-refractivity contribution in [2.45, 2.75) is 63.6 Å². The monoisotopic (exact) mass is 252 g/mol. The van der Waals surface area contributed by atoms with Gasteiger partial charge >= 0.3 is 6.03 Å². The normalized spacial score (nSPS) is 32.6. The van der Waals surface area contributed by atoms with E-state index in [0.717, 1.165) is 13.0 Å². The Morgan fingerprint density at radius 1 is 1.44 bits per heavy atom. The summed E-state index contributed by atoms with van der Waals surface area (Å²) in [6.07, 6.45) is 7.44. The first-order valence-electron chi connectivity index (χ1n) is 7.32. The van der Waals surface area contributed by atoms with Gasteiger partial charge in [-0.2, -0.15) is 0 Å². The summed E-state index contributed by atoms with van der Waals surface area (Å²) in [4.78, 5) is 14.0. The molecule has 4 nitrogen and oxygen atoms in total. The van der Waals surface area contributed by atoms with Crippen LogP contribution in [0.3, 0.4) is 0 Å². The molecule has 4 heteroatoms. The largest absolute Gasteiger partial charge is 0.378 e. The second kappa shape index (κ2) is 4.41. The summed E-state index contributed by atoms with van der Waals surface area (Å²) in [6, 6.07) is 0.949. The highest BCUT2D eigenvalue weighted by Gasteiger charge is 2.59. The summed E-state index contributed by atoms with van der Waals surface area (Å²) in [5.41, 5.74) is 0.274. The van der Waals surface area contributed by atoms with Crippen LogP contribution in [0.2, 0.25) is 0 Å². The molecule has 3 fully saturated rings. The Labute approximate surface area is 109 Å². The third kappa shape index (κ3) is 1.81. The summed E-state index contributed by atoms with van der Waals surface area (Å²) in [6.45, 7) is 2.84. The maximum absolute atomic E-state index is 12.1. The Balaban J connectivity index is 1.55. The molecule has 0 aliphatic heterocycles. The van der Waals surface area contributed by atoms with E-state index < -0.39 is 0 Å². The molecule has 3 rings (SSSR count). The van der Waals surface area contributed by atoms with Crippen LogP contribution < -0.4 is 5.32 Å². The number of carbonyl (C=O) groups is 1. The van der Waals surface area contributed by atoms with E-state index >= 15 is 0 Å². The maximum Gasteiger partial charge on any atom is 0.317 e. The first-order valence-corrected chi connectivity index (χ1v) is 7.32. The Bertz CT molecular complexity index is 337. The quantitative estimate of drug-likeness (QED) is 0.833. The summed E-state index contributed by atoms with van der Waals surface area (Å²) in [5.74, 6) is 0. The Morgan fingerprint density at radius 2 is 2.17 bits per heavy atom. The van der Waals surface area contributed by atoms with Gasteiger partial charge in [0, 0.05) is 31.2 Å². The molecule has 0 radical (unpaired) electrons. The average Bonchev–Trinajstić information content (AvgIpc) is 3.07. The number of carbonyl (C=O) groups excluding carboxylic acids is 1. The van der Waals surface area contributed by atoms with Gasteiger partial charge in [0.05, 0.1) is 6.10 Å². The molecule has 0 aromatic rings. The molecule has 18 heavy (non-hydrogen) atoms. The third-order valence-electron chi connectivity index (χ3n) is 5.15. The molecule has 1 spiro atoms. The maximum atomic E-state index is 12.1. The van der Waals surface area contributed by atoms with E-state index in [9.17, 15) is 4.79 Å². The van der Waals surface area contributed by atoms with Crippen LogP contribution in [0.15, 0.2) is 0 Å². The van der Waals surface area contributed by atoms with E-state index in [1.807, 2.05) is 11.9 Å². The molecule has 3 aliphatic carbocycles. The van der Waals surface area contributed by atoms with Crippen molar-refractivity contribution in [1.29, 1.82) is 0 Å². The molecule has 2 atom stereocenters. The molecular formula is C14H24N2O2. The molecular weight excluding hydrogens is 228 g/mol. The number of ether oxygens (including phenoxy) is 1. The van der Waals surface area contributed by atoms with Crippen molar-refractivity contribution >= 4 is 6.03 Å². The van der Waals surface area contributed by atoms with Gasteiger partial charge < -0.3 is 15.0 Å². The number of rotatable bonds is 4. The summed E-state index contributed by atoms with van der Waals surface area (Å²) < 4.78 is 5.80. The second-order valence-electron chi connectivity index (χ2n) is 6.11. The smallest absolute Gasteiger partial charge is 0.317 e. The lowest BCUT2D eigenvalue weighted by Gasteiger charge is -2.61. The van der Waals surface area contributed by atoms with Crippen molar-refractivity contribution in [2.75, 3.05) is 13.7 Å². The van der Waals surface area contributed by atoms with Crippen molar-refractivity contribution in [3.63, 3.8) is 0 Å². The van der Waals surface area contributed by atoms with E-state index in [4.69, 9.17) is 4.74 Å². The van der Waals surface area contributed by atoms with Crippen LogP contribution in [0.4, 0.5) is 4.79 Å². The number of hydrogen-bond donors (Lipinski definition) is 1. The summed E-state index contributed by atoms with van der Waals surface area (Å²) in [7, 11) is 1.92. The fourth-order valence-electron chi connectivity index (χ4n) is 3.52. The number of amides is 2. The molecule has 2 amide bonds. The zero-order valence-corrected chi connectivity index (χ0v) is 11.4. The molecule has 3 aliphatic rings. The predicted molar refractivity (Wildman–Crippen MR) is 69.4 cm³/mol. The minimum Gasteiger partial charge on any atom is -0.378 e. The van der Waals surface area contributed by atoms with Crippen molar-refractivity contribution < 1.29 is 9.53 Å². The van der Waals surface area contributed by atoms with Crippen molar-refractivity contribution in [3.8, 4) is 0 Å². The van der Waals surface area contributed by atoms with Crippen LogP contribution in [-0.2, 0) is 4.74 Å². The van der Waals surface area contributed by atoms with Gasteiger partial charge in [0.2, 0.25) is 0 Å². The van der Waals surface area contributed by atoms with Crippen LogP contribution in [0.1, 0.15) is 45.4 Å². The molecule has 1 N–H and O–H groups in total. The van der Waals surface area contributed by atoms with E-state index in [-0.39, 0.29) is 11.4 Å². The second-order valence-corrected chi connectivity index (χ2v) is 6.11. The highest BCUT2D eigenvalue weighted by molar-refractivity contribution is 5.75. The van der Waals surface area contributed by atoms with Gasteiger partial charge in [0.15, 0.2) is 0 Å². The van der Waals surface area contributed by atoms with Crippen LogP contribution in [-0.4, -0.2) is 42.8 Å². The predicted octanol–water partition coefficient (Wildman–Crippen LogP) is 2.14. The lowest BCUT2D eigenvalue weighted by molar-refractivity contribution is -0.169. The molecule has 102 valence electrons. The Hall–Kier alpha value is -0.770. The first-order chi connectivity index (χ1) is 8.67. The Morgan fingerprint density at radius 3 is 2.67 bits per heavy atom. The zero-order valence-electron chi connectivity index (χ0n) is 11.4. The van der Waals surface area contributed by atoms with Crippen LogP contribution >= 0.6 is 0 Å². The minimum atomic E-state index is 0.115. The fraction of sp³-hybridized carbons (Fsp3) is 0.929.